The molecular weight excluding hydrogens is 296 g/mol. The van der Waals surface area contributed by atoms with Gasteiger partial charge in [-0.1, -0.05) is 51.4 Å². The van der Waals surface area contributed by atoms with Crippen LogP contribution in [0.4, 0.5) is 5.82 Å². The summed E-state index contributed by atoms with van der Waals surface area (Å²) in [6.45, 7) is 0. The third-order valence-electron chi connectivity index (χ3n) is 5.90. The summed E-state index contributed by atoms with van der Waals surface area (Å²) in [7, 11) is 0. The molecule has 0 unspecified atom stereocenters. The molecule has 2 saturated carbocycles. The zero-order valence-corrected chi connectivity index (χ0v) is 14.7. The van der Waals surface area contributed by atoms with Crippen molar-refractivity contribution in [2.75, 3.05) is 5.32 Å². The molecule has 0 radical (unpaired) electrons. The van der Waals surface area contributed by atoms with Crippen molar-refractivity contribution in [2.45, 2.75) is 89.0 Å². The highest BCUT2D eigenvalue weighted by Crippen LogP contribution is 2.36. The van der Waals surface area contributed by atoms with Crippen LogP contribution in [0.5, 0.6) is 0 Å². The summed E-state index contributed by atoms with van der Waals surface area (Å²) in [5.41, 5.74) is 2.29. The van der Waals surface area contributed by atoms with Crippen LogP contribution in [0.25, 0.3) is 5.65 Å². The van der Waals surface area contributed by atoms with Crippen LogP contribution in [0, 0.1) is 0 Å². The maximum absolute atomic E-state index is 5.01. The zero-order chi connectivity index (χ0) is 16.2. The lowest BCUT2D eigenvalue weighted by Crippen LogP contribution is -2.24. The highest BCUT2D eigenvalue weighted by atomic mass is 15.2. The minimum absolute atomic E-state index is 0.608. The molecule has 130 valence electrons. The minimum atomic E-state index is 0.608. The lowest BCUT2D eigenvalue weighted by Gasteiger charge is -2.26. The molecule has 2 heterocycles. The van der Waals surface area contributed by atoms with E-state index in [9.17, 15) is 0 Å². The Balaban J connectivity index is 1.66. The Bertz CT molecular complexity index is 649. The van der Waals surface area contributed by atoms with Crippen molar-refractivity contribution in [3.05, 3.63) is 24.3 Å². The Labute approximate surface area is 145 Å². The fourth-order valence-corrected chi connectivity index (χ4v) is 4.52. The molecule has 0 saturated heterocycles. The minimum Gasteiger partial charge on any atom is -0.367 e. The van der Waals surface area contributed by atoms with Gasteiger partial charge < -0.3 is 5.32 Å². The molecule has 2 aromatic heterocycles. The number of imidazole rings is 1. The number of fused-ring (bicyclic) bond motifs is 1. The van der Waals surface area contributed by atoms with Crippen LogP contribution >= 0.6 is 0 Å². The molecule has 2 aromatic rings. The van der Waals surface area contributed by atoms with Gasteiger partial charge in [0.05, 0.1) is 11.9 Å². The number of aromatic nitrogens is 3. The molecule has 0 bridgehead atoms. The average molecular weight is 326 g/mol. The first-order chi connectivity index (χ1) is 11.9. The van der Waals surface area contributed by atoms with Gasteiger partial charge in [0.15, 0.2) is 5.65 Å². The molecule has 1 N–H and O–H groups in total. The van der Waals surface area contributed by atoms with E-state index in [0.29, 0.717) is 12.0 Å². The first-order valence-electron chi connectivity index (χ1n) is 10.0. The Hall–Kier alpha value is -1.58. The number of rotatable bonds is 3. The lowest BCUT2D eigenvalue weighted by atomic mass is 9.88. The van der Waals surface area contributed by atoms with Crippen molar-refractivity contribution in [3.63, 3.8) is 0 Å². The van der Waals surface area contributed by atoms with Crippen molar-refractivity contribution in [1.29, 1.82) is 0 Å². The fraction of sp³-hybridized carbons (Fsp3) is 0.700. The van der Waals surface area contributed by atoms with Gasteiger partial charge in [0.2, 0.25) is 0 Å². The van der Waals surface area contributed by atoms with Gasteiger partial charge in [-0.25, -0.2) is 4.98 Å². The number of nitrogens with one attached hydrogen (secondary N) is 1. The second kappa shape index (κ2) is 7.54. The number of hydrogen-bond acceptors (Lipinski definition) is 3. The summed E-state index contributed by atoms with van der Waals surface area (Å²) in [6, 6.07) is 0.610. The molecule has 0 aromatic carbocycles. The van der Waals surface area contributed by atoms with Crippen LogP contribution in [0.15, 0.2) is 18.6 Å². The molecule has 4 nitrogen and oxygen atoms in total. The Morgan fingerprint density at radius 2 is 1.54 bits per heavy atom. The van der Waals surface area contributed by atoms with E-state index < -0.39 is 0 Å². The van der Waals surface area contributed by atoms with Gasteiger partial charge in [0, 0.05) is 24.4 Å². The predicted octanol–water partition coefficient (Wildman–Crippen LogP) is 5.30. The van der Waals surface area contributed by atoms with E-state index in [0.717, 1.165) is 5.65 Å². The van der Waals surface area contributed by atoms with Gasteiger partial charge in [-0.2, -0.15) is 0 Å². The summed E-state index contributed by atoms with van der Waals surface area (Å²) < 4.78 is 2.23. The zero-order valence-electron chi connectivity index (χ0n) is 14.7. The van der Waals surface area contributed by atoms with E-state index in [4.69, 9.17) is 4.98 Å². The molecule has 4 rings (SSSR count). The van der Waals surface area contributed by atoms with E-state index in [1.807, 2.05) is 12.4 Å². The summed E-state index contributed by atoms with van der Waals surface area (Å²) in [5.74, 6) is 1.86. The van der Waals surface area contributed by atoms with Gasteiger partial charge >= 0.3 is 0 Å². The van der Waals surface area contributed by atoms with Crippen molar-refractivity contribution in [1.82, 2.24) is 14.4 Å². The summed E-state index contributed by atoms with van der Waals surface area (Å²) in [5, 5.41) is 3.88. The molecule has 0 amide bonds. The van der Waals surface area contributed by atoms with Gasteiger partial charge in [-0.05, 0) is 25.7 Å². The second-order valence-corrected chi connectivity index (χ2v) is 7.67. The maximum Gasteiger partial charge on any atom is 0.157 e. The molecule has 0 atom stereocenters. The molecule has 0 aliphatic heterocycles. The van der Waals surface area contributed by atoms with Crippen LogP contribution < -0.4 is 5.32 Å². The summed E-state index contributed by atoms with van der Waals surface area (Å²) >= 11 is 0. The molecular formula is C20H30N4. The smallest absolute Gasteiger partial charge is 0.157 e. The van der Waals surface area contributed by atoms with E-state index in [2.05, 4.69) is 20.9 Å². The predicted molar refractivity (Wildman–Crippen MR) is 98.5 cm³/mol. The van der Waals surface area contributed by atoms with E-state index >= 15 is 0 Å². The second-order valence-electron chi connectivity index (χ2n) is 7.67. The van der Waals surface area contributed by atoms with Crippen LogP contribution in [0.3, 0.4) is 0 Å². The summed E-state index contributed by atoms with van der Waals surface area (Å²) in [4.78, 5) is 9.29. The fourth-order valence-electron chi connectivity index (χ4n) is 4.52. The third-order valence-corrected chi connectivity index (χ3v) is 5.90. The van der Waals surface area contributed by atoms with Crippen LogP contribution in [-0.2, 0) is 0 Å². The Morgan fingerprint density at radius 1 is 0.875 bits per heavy atom. The van der Waals surface area contributed by atoms with Crippen molar-refractivity contribution in [3.8, 4) is 0 Å². The lowest BCUT2D eigenvalue weighted by molar-refractivity contribution is 0.446. The van der Waals surface area contributed by atoms with Crippen molar-refractivity contribution >= 4 is 11.5 Å². The van der Waals surface area contributed by atoms with Crippen LogP contribution in [0.2, 0.25) is 0 Å². The van der Waals surface area contributed by atoms with Gasteiger partial charge in [-0.15, -0.1) is 0 Å². The van der Waals surface area contributed by atoms with E-state index in [1.54, 1.807) is 0 Å². The molecule has 2 aliphatic carbocycles. The molecule has 2 fully saturated rings. The molecule has 24 heavy (non-hydrogen) atoms. The topological polar surface area (TPSA) is 42.2 Å². The van der Waals surface area contributed by atoms with Crippen molar-refractivity contribution < 1.29 is 0 Å². The Morgan fingerprint density at radius 3 is 2.33 bits per heavy atom. The molecule has 0 spiro atoms. The standard InChI is InChI=1S/C20H30N4/c1-2-5-9-16(10-6-3-1)19-20(22-17-11-7-4-8-12-17)24-14-13-21-15-18(24)23-19/h13-17,22H,1-12H2. The van der Waals surface area contributed by atoms with Crippen molar-refractivity contribution in [2.24, 2.45) is 0 Å². The quantitative estimate of drug-likeness (QED) is 0.832. The molecule has 4 heteroatoms. The van der Waals surface area contributed by atoms with E-state index in [-0.39, 0.29) is 0 Å². The number of anilines is 1. The summed E-state index contributed by atoms with van der Waals surface area (Å²) in [6.07, 6.45) is 22.0. The monoisotopic (exact) mass is 326 g/mol. The number of nitrogens with zero attached hydrogens (tertiary/aromatic N) is 3. The largest absolute Gasteiger partial charge is 0.367 e. The highest BCUT2D eigenvalue weighted by Gasteiger charge is 2.24. The van der Waals surface area contributed by atoms with Crippen LogP contribution in [-0.4, -0.2) is 20.4 Å². The first-order valence-corrected chi connectivity index (χ1v) is 10.0. The average Bonchev–Trinajstić information content (AvgIpc) is 2.94. The maximum atomic E-state index is 5.01. The molecule has 2 aliphatic rings. The van der Waals surface area contributed by atoms with Gasteiger partial charge in [0.25, 0.3) is 0 Å². The highest BCUT2D eigenvalue weighted by molar-refractivity contribution is 5.56. The number of hydrogen-bond donors (Lipinski definition) is 1. The SMILES string of the molecule is c1cn2c(NC3CCCCC3)c(C3CCCCCCC3)nc2cn1. The first kappa shape index (κ1) is 15.9. The van der Waals surface area contributed by atoms with Gasteiger partial charge in [-0.3, -0.25) is 9.38 Å². The van der Waals surface area contributed by atoms with Gasteiger partial charge in [0.1, 0.15) is 5.82 Å². The van der Waals surface area contributed by atoms with E-state index in [1.165, 1.54) is 88.6 Å². The third kappa shape index (κ3) is 3.42. The van der Waals surface area contributed by atoms with Crippen LogP contribution in [0.1, 0.15) is 88.7 Å². The normalized spacial score (nSPS) is 21.5. The Kier molecular flexibility index (Phi) is 5.00.